The minimum absolute atomic E-state index is 0.210. The van der Waals surface area contributed by atoms with E-state index in [2.05, 4.69) is 4.74 Å². The molecule has 16 heavy (non-hydrogen) atoms. The second kappa shape index (κ2) is 6.12. The van der Waals surface area contributed by atoms with Gasteiger partial charge < -0.3 is 4.74 Å². The number of rotatable bonds is 4. The Morgan fingerprint density at radius 2 is 1.81 bits per heavy atom. The number of methoxy groups -OCH3 is 1. The van der Waals surface area contributed by atoms with Crippen molar-refractivity contribution in [2.75, 3.05) is 13.4 Å². The highest BCUT2D eigenvalue weighted by Crippen LogP contribution is 2.15. The molecule has 4 heteroatoms. The summed E-state index contributed by atoms with van der Waals surface area (Å²) in [6.07, 6.45) is 4.29. The van der Waals surface area contributed by atoms with Crippen molar-refractivity contribution >= 4 is 23.5 Å². The fraction of sp³-hybridized carbons (Fsp3) is 0.167. The summed E-state index contributed by atoms with van der Waals surface area (Å²) in [5, 5.41) is 0. The van der Waals surface area contributed by atoms with Gasteiger partial charge in [-0.3, -0.25) is 4.79 Å². The van der Waals surface area contributed by atoms with Crippen molar-refractivity contribution in [1.29, 1.82) is 0 Å². The second-order valence-corrected chi connectivity index (χ2v) is 3.83. The number of benzene rings is 1. The van der Waals surface area contributed by atoms with Crippen LogP contribution in [0.25, 0.3) is 0 Å². The van der Waals surface area contributed by atoms with Crippen molar-refractivity contribution in [3.05, 3.63) is 42.0 Å². The smallest absolute Gasteiger partial charge is 0.330 e. The first-order valence-corrected chi connectivity index (χ1v) is 5.84. The highest BCUT2D eigenvalue weighted by molar-refractivity contribution is 7.98. The van der Waals surface area contributed by atoms with Crippen LogP contribution in [0.5, 0.6) is 0 Å². The Hall–Kier alpha value is -1.55. The van der Waals surface area contributed by atoms with Gasteiger partial charge in [-0.2, -0.15) is 0 Å². The Bertz CT molecular complexity index is 407. The number of hydrogen-bond acceptors (Lipinski definition) is 4. The Kier molecular flexibility index (Phi) is 4.79. The van der Waals surface area contributed by atoms with Crippen molar-refractivity contribution in [1.82, 2.24) is 0 Å². The maximum atomic E-state index is 11.6. The molecule has 0 aliphatic rings. The van der Waals surface area contributed by atoms with Crippen LogP contribution in [0.15, 0.2) is 41.3 Å². The molecule has 0 atom stereocenters. The molecule has 3 nitrogen and oxygen atoms in total. The maximum Gasteiger partial charge on any atom is 0.330 e. The van der Waals surface area contributed by atoms with E-state index in [1.807, 2.05) is 18.4 Å². The lowest BCUT2D eigenvalue weighted by molar-refractivity contribution is -0.134. The third-order valence-corrected chi connectivity index (χ3v) is 2.69. The van der Waals surface area contributed by atoms with E-state index in [-0.39, 0.29) is 5.78 Å². The van der Waals surface area contributed by atoms with Crippen LogP contribution in [-0.4, -0.2) is 25.1 Å². The number of ether oxygens (including phenoxy) is 1. The number of thioether (sulfide) groups is 1. The summed E-state index contributed by atoms with van der Waals surface area (Å²) in [6, 6.07) is 7.19. The molecule has 0 saturated heterocycles. The molecule has 1 rings (SSSR count). The second-order valence-electron chi connectivity index (χ2n) is 2.95. The lowest BCUT2D eigenvalue weighted by Crippen LogP contribution is -1.98. The van der Waals surface area contributed by atoms with Crippen LogP contribution >= 0.6 is 11.8 Å². The zero-order valence-corrected chi connectivity index (χ0v) is 9.91. The Morgan fingerprint density at radius 1 is 1.19 bits per heavy atom. The van der Waals surface area contributed by atoms with E-state index < -0.39 is 5.97 Å². The fourth-order valence-electron chi connectivity index (χ4n) is 1.06. The molecular weight excluding hydrogens is 224 g/mol. The zero-order valence-electron chi connectivity index (χ0n) is 9.10. The topological polar surface area (TPSA) is 43.4 Å². The van der Waals surface area contributed by atoms with Gasteiger partial charge in [-0.1, -0.05) is 0 Å². The Balaban J connectivity index is 2.73. The molecule has 0 bridgehead atoms. The summed E-state index contributed by atoms with van der Waals surface area (Å²) in [7, 11) is 1.27. The number of ketones is 1. The molecule has 0 spiro atoms. The van der Waals surface area contributed by atoms with E-state index in [9.17, 15) is 9.59 Å². The first kappa shape index (κ1) is 12.5. The molecule has 0 radical (unpaired) electrons. The highest BCUT2D eigenvalue weighted by atomic mass is 32.2. The van der Waals surface area contributed by atoms with Crippen LogP contribution in [0, 0.1) is 0 Å². The third-order valence-electron chi connectivity index (χ3n) is 1.95. The molecule has 0 N–H and O–H groups in total. The van der Waals surface area contributed by atoms with E-state index in [1.165, 1.54) is 13.2 Å². The van der Waals surface area contributed by atoms with Crippen LogP contribution in [0.3, 0.4) is 0 Å². The molecule has 0 saturated carbocycles. The molecule has 0 heterocycles. The fourth-order valence-corrected chi connectivity index (χ4v) is 1.47. The van der Waals surface area contributed by atoms with Gasteiger partial charge in [-0.25, -0.2) is 4.79 Å². The van der Waals surface area contributed by atoms with Crippen LogP contribution in [-0.2, 0) is 9.53 Å². The maximum absolute atomic E-state index is 11.6. The van der Waals surface area contributed by atoms with Gasteiger partial charge in [-0.05, 0) is 36.6 Å². The predicted molar refractivity (Wildman–Crippen MR) is 63.7 cm³/mol. The molecule has 0 aliphatic heterocycles. The molecule has 1 aromatic rings. The van der Waals surface area contributed by atoms with Gasteiger partial charge in [0.25, 0.3) is 0 Å². The lowest BCUT2D eigenvalue weighted by atomic mass is 10.1. The van der Waals surface area contributed by atoms with Crippen LogP contribution in [0.4, 0.5) is 0 Å². The van der Waals surface area contributed by atoms with Gasteiger partial charge in [0.2, 0.25) is 0 Å². The van der Waals surface area contributed by atoms with Crippen LogP contribution in [0.2, 0.25) is 0 Å². The van der Waals surface area contributed by atoms with Gasteiger partial charge in [0.15, 0.2) is 5.78 Å². The normalized spacial score (nSPS) is 10.4. The monoisotopic (exact) mass is 236 g/mol. The van der Waals surface area contributed by atoms with Gasteiger partial charge in [-0.15, -0.1) is 11.8 Å². The average Bonchev–Trinajstić information content (AvgIpc) is 2.35. The summed E-state index contributed by atoms with van der Waals surface area (Å²) < 4.78 is 4.39. The molecular formula is C12H12O3S. The van der Waals surface area contributed by atoms with Crippen molar-refractivity contribution in [3.63, 3.8) is 0 Å². The van der Waals surface area contributed by atoms with Crippen molar-refractivity contribution in [2.45, 2.75) is 4.90 Å². The highest BCUT2D eigenvalue weighted by Gasteiger charge is 2.02. The average molecular weight is 236 g/mol. The summed E-state index contributed by atoms with van der Waals surface area (Å²) >= 11 is 1.61. The van der Waals surface area contributed by atoms with Gasteiger partial charge in [0, 0.05) is 16.5 Å². The lowest BCUT2D eigenvalue weighted by Gasteiger charge is -1.98. The quantitative estimate of drug-likeness (QED) is 0.348. The van der Waals surface area contributed by atoms with E-state index >= 15 is 0 Å². The molecule has 0 aliphatic carbocycles. The number of hydrogen-bond donors (Lipinski definition) is 0. The van der Waals surface area contributed by atoms with E-state index in [0.29, 0.717) is 5.56 Å². The summed E-state index contributed by atoms with van der Waals surface area (Å²) in [4.78, 5) is 23.4. The number of carbonyl (C=O) groups excluding carboxylic acids is 2. The van der Waals surface area contributed by atoms with Crippen LogP contribution < -0.4 is 0 Å². The molecule has 0 fully saturated rings. The summed E-state index contributed by atoms with van der Waals surface area (Å²) in [5.74, 6) is -0.743. The summed E-state index contributed by atoms with van der Waals surface area (Å²) in [5.41, 5.74) is 0.554. The standard InChI is InChI=1S/C12H12O3S/c1-15-12(14)8-7-11(13)9-3-5-10(16-2)6-4-9/h3-8H,1-2H3/b8-7+. The predicted octanol–water partition coefficient (Wildman–Crippen LogP) is 2.32. The van der Waals surface area contributed by atoms with Crippen LogP contribution in [0.1, 0.15) is 10.4 Å². The number of allylic oxidation sites excluding steroid dienone is 1. The van der Waals surface area contributed by atoms with Gasteiger partial charge >= 0.3 is 5.97 Å². The van der Waals surface area contributed by atoms with Crippen molar-refractivity contribution < 1.29 is 14.3 Å². The molecule has 0 amide bonds. The molecule has 1 aromatic carbocycles. The van der Waals surface area contributed by atoms with Gasteiger partial charge in [0.05, 0.1) is 7.11 Å². The molecule has 0 unspecified atom stereocenters. The van der Waals surface area contributed by atoms with Gasteiger partial charge in [0.1, 0.15) is 0 Å². The van der Waals surface area contributed by atoms with Crippen molar-refractivity contribution in [3.8, 4) is 0 Å². The first-order valence-electron chi connectivity index (χ1n) is 4.62. The van der Waals surface area contributed by atoms with E-state index in [0.717, 1.165) is 11.0 Å². The third kappa shape index (κ3) is 3.55. The van der Waals surface area contributed by atoms with E-state index in [1.54, 1.807) is 23.9 Å². The van der Waals surface area contributed by atoms with Crippen molar-refractivity contribution in [2.24, 2.45) is 0 Å². The number of carbonyl (C=O) groups is 2. The first-order chi connectivity index (χ1) is 7.67. The Morgan fingerprint density at radius 3 is 2.31 bits per heavy atom. The minimum atomic E-state index is -0.533. The Labute approximate surface area is 98.5 Å². The number of esters is 1. The SMILES string of the molecule is COC(=O)/C=C/C(=O)c1ccc(SC)cc1. The molecule has 0 aromatic heterocycles. The molecule has 84 valence electrons. The van der Waals surface area contributed by atoms with E-state index in [4.69, 9.17) is 0 Å². The minimum Gasteiger partial charge on any atom is -0.466 e. The zero-order chi connectivity index (χ0) is 12.0. The largest absolute Gasteiger partial charge is 0.466 e. The summed E-state index contributed by atoms with van der Waals surface area (Å²) in [6.45, 7) is 0.